The number of anilines is 1. The topological polar surface area (TPSA) is 91.9 Å². The minimum Gasteiger partial charge on any atom is -0.443 e. The summed E-state index contributed by atoms with van der Waals surface area (Å²) < 4.78 is 53.7. The number of nitrogens with zero attached hydrogens (tertiary/aromatic N) is 4. The first kappa shape index (κ1) is 23.4. The van der Waals surface area contributed by atoms with Gasteiger partial charge in [-0.1, -0.05) is 24.3 Å². The van der Waals surface area contributed by atoms with E-state index in [9.17, 15) is 23.3 Å². The molecule has 34 heavy (non-hydrogen) atoms. The summed E-state index contributed by atoms with van der Waals surface area (Å²) in [5.41, 5.74) is 2.71. The lowest BCUT2D eigenvalue weighted by atomic mass is 10.1. The Bertz CT molecular complexity index is 1130. The van der Waals surface area contributed by atoms with Gasteiger partial charge in [-0.2, -0.15) is 0 Å². The average molecular weight is 478 g/mol. The van der Waals surface area contributed by atoms with Gasteiger partial charge in [-0.25, -0.2) is 0 Å². The molecule has 3 aromatic rings. The van der Waals surface area contributed by atoms with Crippen molar-refractivity contribution in [3.8, 4) is 11.8 Å². The lowest BCUT2D eigenvalue weighted by molar-refractivity contribution is -0.389. The van der Waals surface area contributed by atoms with Gasteiger partial charge >= 0.3 is 18.2 Å². The van der Waals surface area contributed by atoms with E-state index in [4.69, 9.17) is 9.47 Å². The van der Waals surface area contributed by atoms with Gasteiger partial charge in [0.25, 0.3) is 0 Å². The molecule has 12 heteroatoms. The Morgan fingerprint density at radius 3 is 2.50 bits per heavy atom. The minimum atomic E-state index is -4.72. The van der Waals surface area contributed by atoms with E-state index in [1.165, 1.54) is 18.3 Å². The van der Waals surface area contributed by atoms with Crippen molar-refractivity contribution < 1.29 is 32.3 Å². The number of ether oxygens (including phenoxy) is 3. The lowest BCUT2D eigenvalue weighted by Gasteiger charge is -2.22. The quantitative estimate of drug-likeness (QED) is 0.352. The van der Waals surface area contributed by atoms with E-state index in [0.29, 0.717) is 19.7 Å². The monoisotopic (exact) mass is 478 g/mol. The molecule has 0 bridgehead atoms. The van der Waals surface area contributed by atoms with Crippen molar-refractivity contribution in [2.45, 2.75) is 32.2 Å². The minimum absolute atomic E-state index is 0.211. The zero-order chi connectivity index (χ0) is 24.3. The van der Waals surface area contributed by atoms with Crippen LogP contribution in [-0.4, -0.2) is 40.6 Å². The molecule has 2 aromatic carbocycles. The SMILES string of the molecule is CN(Cc1ccc(CO[C@@H]2COc3nc([N+](=O)[O-])cn3C2)cc1)c1ccc(OC(F)(F)F)cc1. The first-order valence-corrected chi connectivity index (χ1v) is 10.3. The Morgan fingerprint density at radius 1 is 1.18 bits per heavy atom. The summed E-state index contributed by atoms with van der Waals surface area (Å²) in [4.78, 5) is 16.0. The lowest BCUT2D eigenvalue weighted by Crippen LogP contribution is -2.32. The summed E-state index contributed by atoms with van der Waals surface area (Å²) in [6.45, 7) is 1.56. The smallest absolute Gasteiger partial charge is 0.443 e. The number of alkyl halides is 3. The Balaban J connectivity index is 1.27. The van der Waals surface area contributed by atoms with Crippen LogP contribution in [0.2, 0.25) is 0 Å². The van der Waals surface area contributed by atoms with Crippen LogP contribution in [0.25, 0.3) is 0 Å². The first-order valence-electron chi connectivity index (χ1n) is 10.3. The van der Waals surface area contributed by atoms with Crippen molar-refractivity contribution in [1.82, 2.24) is 9.55 Å². The molecule has 0 radical (unpaired) electrons. The molecule has 4 rings (SSSR count). The van der Waals surface area contributed by atoms with Gasteiger partial charge in [-0.15, -0.1) is 13.2 Å². The predicted molar refractivity (Wildman–Crippen MR) is 115 cm³/mol. The van der Waals surface area contributed by atoms with E-state index in [2.05, 4.69) is 9.72 Å². The number of nitro groups is 1. The van der Waals surface area contributed by atoms with Gasteiger partial charge in [-0.05, 0) is 40.3 Å². The zero-order valence-corrected chi connectivity index (χ0v) is 18.1. The zero-order valence-electron chi connectivity index (χ0n) is 18.1. The van der Waals surface area contributed by atoms with Crippen molar-refractivity contribution in [1.29, 1.82) is 0 Å². The molecule has 9 nitrogen and oxygen atoms in total. The van der Waals surface area contributed by atoms with Crippen molar-refractivity contribution in [2.75, 3.05) is 18.6 Å². The second-order valence-electron chi connectivity index (χ2n) is 7.75. The fourth-order valence-electron chi connectivity index (χ4n) is 3.48. The molecule has 1 aliphatic rings. The van der Waals surface area contributed by atoms with E-state index < -0.39 is 11.3 Å². The summed E-state index contributed by atoms with van der Waals surface area (Å²) in [7, 11) is 1.84. The van der Waals surface area contributed by atoms with Crippen molar-refractivity contribution in [2.24, 2.45) is 0 Å². The van der Waals surface area contributed by atoms with Crippen LogP contribution in [0.3, 0.4) is 0 Å². The van der Waals surface area contributed by atoms with Crippen molar-refractivity contribution in [3.63, 3.8) is 0 Å². The Hall–Kier alpha value is -3.80. The number of hydrogen-bond donors (Lipinski definition) is 0. The third-order valence-electron chi connectivity index (χ3n) is 5.15. The Labute approximate surface area is 192 Å². The number of fused-ring (bicyclic) bond motifs is 1. The maximum atomic E-state index is 12.3. The number of benzene rings is 2. The van der Waals surface area contributed by atoms with E-state index in [0.717, 1.165) is 16.8 Å². The molecular weight excluding hydrogens is 457 g/mol. The fraction of sp³-hybridized carbons (Fsp3) is 0.318. The van der Waals surface area contributed by atoms with E-state index in [1.54, 1.807) is 16.7 Å². The third kappa shape index (κ3) is 5.95. The van der Waals surface area contributed by atoms with Crippen molar-refractivity contribution >= 4 is 11.5 Å². The average Bonchev–Trinajstić information content (AvgIpc) is 3.22. The van der Waals surface area contributed by atoms with Gasteiger partial charge in [0.05, 0.1) is 13.2 Å². The molecular formula is C22H21F3N4O5. The maximum Gasteiger partial charge on any atom is 0.573 e. The summed E-state index contributed by atoms with van der Waals surface area (Å²) in [6.07, 6.45) is -3.66. The molecule has 0 saturated heterocycles. The van der Waals surface area contributed by atoms with Crippen molar-refractivity contribution in [3.05, 3.63) is 76.0 Å². The molecule has 1 aromatic heterocycles. The van der Waals surface area contributed by atoms with Gasteiger partial charge in [0, 0.05) is 24.3 Å². The van der Waals surface area contributed by atoms with E-state index in [1.807, 2.05) is 36.2 Å². The van der Waals surface area contributed by atoms with Crippen LogP contribution in [0.15, 0.2) is 54.7 Å². The molecule has 0 amide bonds. The third-order valence-corrected chi connectivity index (χ3v) is 5.15. The van der Waals surface area contributed by atoms with Crippen LogP contribution in [-0.2, 0) is 24.4 Å². The number of imidazole rings is 1. The summed E-state index contributed by atoms with van der Waals surface area (Å²) in [5.74, 6) is -0.526. The van der Waals surface area contributed by atoms with Crippen LogP contribution >= 0.6 is 0 Å². The highest BCUT2D eigenvalue weighted by Crippen LogP contribution is 2.26. The second-order valence-corrected chi connectivity index (χ2v) is 7.75. The standard InChI is InChI=1S/C22H21F3N4O5/c1-27(17-6-8-18(9-7-17)34-22(23,24)25)10-15-2-4-16(5-3-15)13-32-19-11-28-12-20(29(30)31)26-21(28)33-14-19/h2-9,12,19H,10-11,13-14H2,1H3/t19-/m0/s1. The summed E-state index contributed by atoms with van der Waals surface area (Å²) in [6, 6.07) is 13.7. The number of hydrogen-bond acceptors (Lipinski definition) is 7. The second kappa shape index (κ2) is 9.59. The molecule has 1 atom stereocenters. The Kier molecular flexibility index (Phi) is 6.59. The number of rotatable bonds is 8. The van der Waals surface area contributed by atoms with Crippen LogP contribution in [0.4, 0.5) is 24.7 Å². The maximum absolute atomic E-state index is 12.3. The molecule has 0 fully saturated rings. The van der Waals surface area contributed by atoms with Gasteiger partial charge in [0.15, 0.2) is 0 Å². The number of halogens is 3. The molecule has 2 heterocycles. The van der Waals surface area contributed by atoms with Gasteiger partial charge in [0.2, 0.25) is 0 Å². The van der Waals surface area contributed by atoms with Crippen LogP contribution in [0.5, 0.6) is 11.8 Å². The molecule has 0 N–H and O–H groups in total. The molecule has 0 aliphatic carbocycles. The molecule has 1 aliphatic heterocycles. The molecule has 180 valence electrons. The van der Waals surface area contributed by atoms with Gasteiger partial charge in [-0.3, -0.25) is 4.57 Å². The van der Waals surface area contributed by atoms with Crippen LogP contribution in [0, 0.1) is 10.1 Å². The highest BCUT2D eigenvalue weighted by atomic mass is 19.4. The summed E-state index contributed by atoms with van der Waals surface area (Å²) >= 11 is 0. The van der Waals surface area contributed by atoms with E-state index in [-0.39, 0.29) is 30.3 Å². The van der Waals surface area contributed by atoms with Gasteiger partial charge in [0.1, 0.15) is 24.7 Å². The number of aromatic nitrogens is 2. The van der Waals surface area contributed by atoms with Gasteiger partial charge < -0.3 is 29.2 Å². The largest absolute Gasteiger partial charge is 0.573 e. The highest BCUT2D eigenvalue weighted by molar-refractivity contribution is 5.49. The molecule has 0 saturated carbocycles. The Morgan fingerprint density at radius 2 is 1.85 bits per heavy atom. The highest BCUT2D eigenvalue weighted by Gasteiger charge is 2.31. The fourth-order valence-corrected chi connectivity index (χ4v) is 3.48. The first-order chi connectivity index (χ1) is 16.2. The normalized spacial score (nSPS) is 15.4. The van der Waals surface area contributed by atoms with E-state index >= 15 is 0 Å². The van der Waals surface area contributed by atoms with Crippen LogP contribution in [0.1, 0.15) is 11.1 Å². The predicted octanol–water partition coefficient (Wildman–Crippen LogP) is 4.30. The van der Waals surface area contributed by atoms with Crippen LogP contribution < -0.4 is 14.4 Å². The molecule has 0 unspecified atom stereocenters. The molecule has 0 spiro atoms. The summed E-state index contributed by atoms with van der Waals surface area (Å²) in [5, 5.41) is 10.8.